The van der Waals surface area contributed by atoms with Crippen LogP contribution in [0.4, 0.5) is 0 Å². The van der Waals surface area contributed by atoms with E-state index in [0.29, 0.717) is 24.5 Å². The zero-order valence-electron chi connectivity index (χ0n) is 17.8. The molecule has 1 aliphatic rings. The predicted octanol–water partition coefficient (Wildman–Crippen LogP) is 2.94. The highest BCUT2D eigenvalue weighted by Crippen LogP contribution is 2.13. The van der Waals surface area contributed by atoms with Crippen molar-refractivity contribution >= 4 is 23.5 Å². The third kappa shape index (κ3) is 6.20. The summed E-state index contributed by atoms with van der Waals surface area (Å²) in [6, 6.07) is 9.57. The molecule has 0 spiro atoms. The minimum Gasteiger partial charge on any atom is -0.357 e. The molecule has 1 fully saturated rings. The quantitative estimate of drug-likeness (QED) is 0.568. The lowest BCUT2D eigenvalue weighted by atomic mass is 10.1. The van der Waals surface area contributed by atoms with Crippen LogP contribution in [0.1, 0.15) is 23.6 Å². The van der Waals surface area contributed by atoms with Crippen molar-refractivity contribution in [1.29, 1.82) is 0 Å². The van der Waals surface area contributed by atoms with E-state index in [1.54, 1.807) is 0 Å². The van der Waals surface area contributed by atoms with E-state index in [2.05, 4.69) is 35.1 Å². The first-order valence-corrected chi connectivity index (χ1v) is 10.9. The standard InChI is InChI=1S/C23H30ClN5O/c1-3-26-23(27-10-8-20-7-9-25-17-18(20)2)29-13-11-28(12-14-29)22(30)16-19-5-4-6-21(24)15-19/h4-7,9,15,17H,3,8,10-14,16H2,1-2H3,(H,26,27). The monoisotopic (exact) mass is 427 g/mol. The SMILES string of the molecule is CCNC(=NCCc1ccncc1C)N1CCN(C(=O)Cc2cccc(Cl)c2)CC1. The van der Waals surface area contributed by atoms with Gasteiger partial charge < -0.3 is 15.1 Å². The highest BCUT2D eigenvalue weighted by molar-refractivity contribution is 6.30. The van der Waals surface area contributed by atoms with Crippen molar-refractivity contribution in [3.8, 4) is 0 Å². The molecular weight excluding hydrogens is 398 g/mol. The molecule has 1 aromatic heterocycles. The first-order valence-electron chi connectivity index (χ1n) is 10.5. The number of benzene rings is 1. The lowest BCUT2D eigenvalue weighted by Gasteiger charge is -2.36. The molecule has 160 valence electrons. The summed E-state index contributed by atoms with van der Waals surface area (Å²) in [7, 11) is 0. The van der Waals surface area contributed by atoms with Crippen LogP contribution >= 0.6 is 11.6 Å². The molecule has 1 amide bonds. The van der Waals surface area contributed by atoms with Gasteiger partial charge in [-0.05, 0) is 55.2 Å². The van der Waals surface area contributed by atoms with Crippen LogP contribution in [-0.4, -0.2) is 65.9 Å². The Morgan fingerprint density at radius 1 is 1.20 bits per heavy atom. The minimum absolute atomic E-state index is 0.145. The summed E-state index contributed by atoms with van der Waals surface area (Å²) in [6.07, 6.45) is 5.00. The average Bonchev–Trinajstić information content (AvgIpc) is 2.74. The van der Waals surface area contributed by atoms with Crippen molar-refractivity contribution in [2.24, 2.45) is 4.99 Å². The molecule has 3 rings (SSSR count). The van der Waals surface area contributed by atoms with Gasteiger partial charge in [-0.3, -0.25) is 14.8 Å². The van der Waals surface area contributed by atoms with Crippen molar-refractivity contribution in [3.63, 3.8) is 0 Å². The molecule has 7 heteroatoms. The maximum absolute atomic E-state index is 12.7. The van der Waals surface area contributed by atoms with Crippen LogP contribution in [0.15, 0.2) is 47.7 Å². The number of hydrogen-bond acceptors (Lipinski definition) is 3. The Labute approximate surface area is 184 Å². The number of guanidine groups is 1. The van der Waals surface area contributed by atoms with Gasteiger partial charge in [-0.25, -0.2) is 0 Å². The molecule has 1 aromatic carbocycles. The molecule has 0 bridgehead atoms. The summed E-state index contributed by atoms with van der Waals surface area (Å²) in [6.45, 7) is 8.66. The number of hydrogen-bond donors (Lipinski definition) is 1. The van der Waals surface area contributed by atoms with Crippen LogP contribution in [0.5, 0.6) is 0 Å². The number of rotatable bonds is 6. The molecule has 1 saturated heterocycles. The van der Waals surface area contributed by atoms with Gasteiger partial charge in [0.15, 0.2) is 5.96 Å². The number of halogens is 1. The number of carbonyl (C=O) groups is 1. The minimum atomic E-state index is 0.145. The van der Waals surface area contributed by atoms with E-state index in [9.17, 15) is 4.79 Å². The normalized spacial score (nSPS) is 14.7. The molecule has 6 nitrogen and oxygen atoms in total. The number of piperazine rings is 1. The molecule has 0 unspecified atom stereocenters. The fraction of sp³-hybridized carbons (Fsp3) is 0.435. The molecule has 30 heavy (non-hydrogen) atoms. The van der Waals surface area contributed by atoms with Crippen LogP contribution in [0, 0.1) is 6.92 Å². The van der Waals surface area contributed by atoms with Crippen LogP contribution in [0.3, 0.4) is 0 Å². The largest absolute Gasteiger partial charge is 0.357 e. The summed E-state index contributed by atoms with van der Waals surface area (Å²) in [5.41, 5.74) is 3.43. The number of amides is 1. The number of aryl methyl sites for hydroxylation is 1. The fourth-order valence-corrected chi connectivity index (χ4v) is 3.80. The molecule has 1 aliphatic heterocycles. The number of aromatic nitrogens is 1. The lowest BCUT2D eigenvalue weighted by molar-refractivity contribution is -0.131. The summed E-state index contributed by atoms with van der Waals surface area (Å²) in [5, 5.41) is 4.05. The second kappa shape index (κ2) is 11.0. The van der Waals surface area contributed by atoms with Gasteiger partial charge in [-0.2, -0.15) is 0 Å². The van der Waals surface area contributed by atoms with Crippen molar-refractivity contribution in [2.45, 2.75) is 26.7 Å². The van der Waals surface area contributed by atoms with Gasteiger partial charge in [-0.15, -0.1) is 0 Å². The zero-order valence-corrected chi connectivity index (χ0v) is 18.5. The van der Waals surface area contributed by atoms with Crippen LogP contribution in [-0.2, 0) is 17.6 Å². The van der Waals surface area contributed by atoms with E-state index in [1.165, 1.54) is 11.1 Å². The number of aliphatic imine (C=N–C) groups is 1. The van der Waals surface area contributed by atoms with E-state index in [1.807, 2.05) is 41.6 Å². The van der Waals surface area contributed by atoms with Gasteiger partial charge in [0.1, 0.15) is 0 Å². The Morgan fingerprint density at radius 2 is 1.97 bits per heavy atom. The maximum Gasteiger partial charge on any atom is 0.227 e. The van der Waals surface area contributed by atoms with Crippen molar-refractivity contribution in [2.75, 3.05) is 39.3 Å². The molecule has 2 heterocycles. The first kappa shape index (κ1) is 22.1. The van der Waals surface area contributed by atoms with Gasteiger partial charge in [0.05, 0.1) is 6.42 Å². The van der Waals surface area contributed by atoms with E-state index >= 15 is 0 Å². The molecule has 0 saturated carbocycles. The van der Waals surface area contributed by atoms with Gasteiger partial charge in [0.25, 0.3) is 0 Å². The first-order chi connectivity index (χ1) is 14.6. The number of carbonyl (C=O) groups excluding carboxylic acids is 1. The molecule has 0 aliphatic carbocycles. The number of pyridine rings is 1. The fourth-order valence-electron chi connectivity index (χ4n) is 3.59. The molecule has 1 N–H and O–H groups in total. The summed E-state index contributed by atoms with van der Waals surface area (Å²) >= 11 is 6.03. The van der Waals surface area contributed by atoms with Crippen molar-refractivity contribution in [1.82, 2.24) is 20.1 Å². The van der Waals surface area contributed by atoms with Crippen molar-refractivity contribution < 1.29 is 4.79 Å². The third-order valence-electron chi connectivity index (χ3n) is 5.29. The average molecular weight is 428 g/mol. The maximum atomic E-state index is 12.7. The lowest BCUT2D eigenvalue weighted by Crippen LogP contribution is -2.54. The van der Waals surface area contributed by atoms with Gasteiger partial charge >= 0.3 is 0 Å². The summed E-state index contributed by atoms with van der Waals surface area (Å²) in [5.74, 6) is 1.07. The Balaban J connectivity index is 1.53. The summed E-state index contributed by atoms with van der Waals surface area (Å²) < 4.78 is 0. The molecular formula is C23H30ClN5O. The molecule has 0 atom stereocenters. The topological polar surface area (TPSA) is 60.8 Å². The van der Waals surface area contributed by atoms with Gasteiger partial charge in [0.2, 0.25) is 5.91 Å². The van der Waals surface area contributed by atoms with Gasteiger partial charge in [-0.1, -0.05) is 23.7 Å². The van der Waals surface area contributed by atoms with E-state index in [0.717, 1.165) is 44.1 Å². The number of nitrogens with zero attached hydrogens (tertiary/aromatic N) is 4. The zero-order chi connectivity index (χ0) is 21.3. The highest BCUT2D eigenvalue weighted by atomic mass is 35.5. The Morgan fingerprint density at radius 3 is 2.67 bits per heavy atom. The molecule has 2 aromatic rings. The predicted molar refractivity (Wildman–Crippen MR) is 122 cm³/mol. The third-order valence-corrected chi connectivity index (χ3v) is 5.53. The smallest absolute Gasteiger partial charge is 0.227 e. The van der Waals surface area contributed by atoms with Crippen LogP contribution in [0.25, 0.3) is 0 Å². The van der Waals surface area contributed by atoms with E-state index in [-0.39, 0.29) is 5.91 Å². The second-order valence-electron chi connectivity index (χ2n) is 7.46. The Bertz CT molecular complexity index is 877. The molecule has 0 radical (unpaired) electrons. The van der Waals surface area contributed by atoms with E-state index in [4.69, 9.17) is 16.6 Å². The Kier molecular flexibility index (Phi) is 8.08. The highest BCUT2D eigenvalue weighted by Gasteiger charge is 2.23. The van der Waals surface area contributed by atoms with Crippen LogP contribution in [0.2, 0.25) is 5.02 Å². The Hall–Kier alpha value is -2.60. The van der Waals surface area contributed by atoms with Gasteiger partial charge in [0, 0.05) is 56.7 Å². The summed E-state index contributed by atoms with van der Waals surface area (Å²) in [4.78, 5) is 25.8. The van der Waals surface area contributed by atoms with E-state index < -0.39 is 0 Å². The van der Waals surface area contributed by atoms with Crippen LogP contribution < -0.4 is 5.32 Å². The second-order valence-corrected chi connectivity index (χ2v) is 7.90. The van der Waals surface area contributed by atoms with Crippen molar-refractivity contribution in [3.05, 3.63) is 64.4 Å². The number of nitrogens with one attached hydrogen (secondary N) is 1.